The number of benzene rings is 1. The maximum Gasteiger partial charge on any atom is 0.234 e. The zero-order valence-corrected chi connectivity index (χ0v) is 12.8. The van der Waals surface area contributed by atoms with Gasteiger partial charge in [-0.15, -0.1) is 0 Å². The van der Waals surface area contributed by atoms with Crippen molar-refractivity contribution in [3.63, 3.8) is 0 Å². The molecule has 0 radical (unpaired) electrons. The Morgan fingerprint density at radius 3 is 2.61 bits per heavy atom. The van der Waals surface area contributed by atoms with Crippen LogP contribution in [0.15, 0.2) is 28.7 Å². The fourth-order valence-electron chi connectivity index (χ4n) is 1.61. The molecule has 0 saturated heterocycles. The molecule has 18 heavy (non-hydrogen) atoms. The van der Waals surface area contributed by atoms with Gasteiger partial charge in [0.25, 0.3) is 0 Å². The maximum atomic E-state index is 11.8. The summed E-state index contributed by atoms with van der Waals surface area (Å²) in [6.45, 7) is 6.52. The first kappa shape index (κ1) is 15.2. The second-order valence-corrected chi connectivity index (χ2v) is 5.36. The quantitative estimate of drug-likeness (QED) is 0.847. The van der Waals surface area contributed by atoms with Crippen LogP contribution in [-0.4, -0.2) is 18.5 Å². The van der Waals surface area contributed by atoms with E-state index in [2.05, 4.69) is 40.4 Å². The smallest absolute Gasteiger partial charge is 0.234 e. The standard InChI is InChI=1S/C14H21BrN2O/c1-4-10(2)16-9-14(18)17-11(3)12-7-5-6-8-13(12)15/h5-8,10-11,16H,4,9H2,1-3H3,(H,17,18)/t10?,11-/m0/s1. The molecular weight excluding hydrogens is 292 g/mol. The Morgan fingerprint density at radius 1 is 1.33 bits per heavy atom. The summed E-state index contributed by atoms with van der Waals surface area (Å²) < 4.78 is 1.02. The minimum atomic E-state index is 0.00630. The largest absolute Gasteiger partial charge is 0.348 e. The molecule has 0 heterocycles. The average Bonchev–Trinajstić information content (AvgIpc) is 2.36. The Morgan fingerprint density at radius 2 is 2.00 bits per heavy atom. The highest BCUT2D eigenvalue weighted by molar-refractivity contribution is 9.10. The van der Waals surface area contributed by atoms with Crippen molar-refractivity contribution in [3.05, 3.63) is 34.3 Å². The molecule has 1 unspecified atom stereocenters. The van der Waals surface area contributed by atoms with E-state index in [4.69, 9.17) is 0 Å². The van der Waals surface area contributed by atoms with Gasteiger partial charge in [-0.1, -0.05) is 41.1 Å². The van der Waals surface area contributed by atoms with Crippen LogP contribution in [0.5, 0.6) is 0 Å². The summed E-state index contributed by atoms with van der Waals surface area (Å²) in [6, 6.07) is 8.31. The van der Waals surface area contributed by atoms with E-state index in [9.17, 15) is 4.79 Å². The number of halogens is 1. The van der Waals surface area contributed by atoms with E-state index >= 15 is 0 Å². The van der Waals surface area contributed by atoms with Crippen LogP contribution in [0.2, 0.25) is 0 Å². The molecule has 1 amide bonds. The SMILES string of the molecule is CCC(C)NCC(=O)N[C@@H](C)c1ccccc1Br. The van der Waals surface area contributed by atoms with Crippen LogP contribution in [0.3, 0.4) is 0 Å². The second-order valence-electron chi connectivity index (χ2n) is 4.50. The predicted octanol–water partition coefficient (Wildman–Crippen LogP) is 3.01. The van der Waals surface area contributed by atoms with Crippen molar-refractivity contribution in [2.45, 2.75) is 39.3 Å². The van der Waals surface area contributed by atoms with Gasteiger partial charge >= 0.3 is 0 Å². The summed E-state index contributed by atoms with van der Waals surface area (Å²) in [5.41, 5.74) is 1.09. The van der Waals surface area contributed by atoms with Gasteiger partial charge in [0.2, 0.25) is 5.91 Å². The van der Waals surface area contributed by atoms with Crippen molar-refractivity contribution in [2.75, 3.05) is 6.54 Å². The molecular formula is C14H21BrN2O. The molecule has 1 aromatic carbocycles. The van der Waals surface area contributed by atoms with E-state index < -0.39 is 0 Å². The van der Waals surface area contributed by atoms with Crippen molar-refractivity contribution in [1.82, 2.24) is 10.6 Å². The van der Waals surface area contributed by atoms with E-state index in [-0.39, 0.29) is 11.9 Å². The van der Waals surface area contributed by atoms with Crippen molar-refractivity contribution in [3.8, 4) is 0 Å². The zero-order chi connectivity index (χ0) is 13.5. The number of amides is 1. The highest BCUT2D eigenvalue weighted by atomic mass is 79.9. The first-order valence-corrected chi connectivity index (χ1v) is 7.11. The molecule has 0 aromatic heterocycles. The number of nitrogens with one attached hydrogen (secondary N) is 2. The van der Waals surface area contributed by atoms with Gasteiger partial charge in [-0.3, -0.25) is 4.79 Å². The summed E-state index contributed by atoms with van der Waals surface area (Å²) in [5, 5.41) is 6.16. The van der Waals surface area contributed by atoms with Gasteiger partial charge in [-0.2, -0.15) is 0 Å². The van der Waals surface area contributed by atoms with Gasteiger partial charge in [0.1, 0.15) is 0 Å². The Hall–Kier alpha value is -0.870. The molecule has 0 aliphatic carbocycles. The third-order valence-electron chi connectivity index (χ3n) is 2.97. The highest BCUT2D eigenvalue weighted by Crippen LogP contribution is 2.22. The van der Waals surface area contributed by atoms with E-state index in [1.54, 1.807) is 0 Å². The van der Waals surface area contributed by atoms with Crippen molar-refractivity contribution < 1.29 is 4.79 Å². The van der Waals surface area contributed by atoms with Crippen LogP contribution in [0.1, 0.15) is 38.8 Å². The molecule has 3 nitrogen and oxygen atoms in total. The normalized spacial score (nSPS) is 14.0. The van der Waals surface area contributed by atoms with Crippen molar-refractivity contribution in [1.29, 1.82) is 0 Å². The molecule has 0 aliphatic heterocycles. The molecule has 1 rings (SSSR count). The summed E-state index contributed by atoms with van der Waals surface area (Å²) in [7, 11) is 0. The fourth-order valence-corrected chi connectivity index (χ4v) is 2.24. The van der Waals surface area contributed by atoms with E-state index in [0.717, 1.165) is 16.5 Å². The van der Waals surface area contributed by atoms with Crippen LogP contribution in [0, 0.1) is 0 Å². The molecule has 0 fully saturated rings. The number of hydrogen-bond donors (Lipinski definition) is 2. The third kappa shape index (κ3) is 4.78. The molecule has 0 aliphatic rings. The van der Waals surface area contributed by atoms with Gasteiger partial charge in [0, 0.05) is 10.5 Å². The first-order valence-electron chi connectivity index (χ1n) is 6.31. The Kier molecular flexibility index (Phi) is 6.36. The predicted molar refractivity (Wildman–Crippen MR) is 78.5 cm³/mol. The summed E-state index contributed by atoms with van der Waals surface area (Å²) in [5.74, 6) is 0.0264. The molecule has 0 bridgehead atoms. The highest BCUT2D eigenvalue weighted by Gasteiger charge is 2.12. The second kappa shape index (κ2) is 7.54. The van der Waals surface area contributed by atoms with Crippen LogP contribution in [-0.2, 0) is 4.79 Å². The lowest BCUT2D eigenvalue weighted by Crippen LogP contribution is -2.38. The fraction of sp³-hybridized carbons (Fsp3) is 0.500. The number of carbonyl (C=O) groups is 1. The van der Waals surface area contributed by atoms with Crippen LogP contribution in [0.4, 0.5) is 0 Å². The maximum absolute atomic E-state index is 11.8. The van der Waals surface area contributed by atoms with Gasteiger partial charge in [-0.05, 0) is 31.9 Å². The molecule has 0 saturated carbocycles. The number of rotatable bonds is 6. The van der Waals surface area contributed by atoms with E-state index in [0.29, 0.717) is 12.6 Å². The van der Waals surface area contributed by atoms with Gasteiger partial charge in [0.15, 0.2) is 0 Å². The van der Waals surface area contributed by atoms with Gasteiger partial charge < -0.3 is 10.6 Å². The number of hydrogen-bond acceptors (Lipinski definition) is 2. The minimum absolute atomic E-state index is 0.00630. The lowest BCUT2D eigenvalue weighted by molar-refractivity contribution is -0.121. The minimum Gasteiger partial charge on any atom is -0.348 e. The number of carbonyl (C=O) groups excluding carboxylic acids is 1. The van der Waals surface area contributed by atoms with Gasteiger partial charge in [0.05, 0.1) is 12.6 Å². The molecule has 100 valence electrons. The lowest BCUT2D eigenvalue weighted by Gasteiger charge is -2.17. The van der Waals surface area contributed by atoms with Crippen LogP contribution >= 0.6 is 15.9 Å². The summed E-state index contributed by atoms with van der Waals surface area (Å²) in [4.78, 5) is 11.8. The van der Waals surface area contributed by atoms with E-state index in [1.807, 2.05) is 31.2 Å². The van der Waals surface area contributed by atoms with Crippen molar-refractivity contribution >= 4 is 21.8 Å². The first-order chi connectivity index (χ1) is 8.54. The third-order valence-corrected chi connectivity index (χ3v) is 3.69. The molecule has 1 aromatic rings. The molecule has 2 atom stereocenters. The van der Waals surface area contributed by atoms with Crippen molar-refractivity contribution in [2.24, 2.45) is 0 Å². The Balaban J connectivity index is 2.47. The molecule has 2 N–H and O–H groups in total. The summed E-state index contributed by atoms with van der Waals surface area (Å²) >= 11 is 3.49. The molecule has 4 heteroatoms. The van der Waals surface area contributed by atoms with E-state index in [1.165, 1.54) is 0 Å². The van der Waals surface area contributed by atoms with Crippen LogP contribution in [0.25, 0.3) is 0 Å². The zero-order valence-electron chi connectivity index (χ0n) is 11.2. The average molecular weight is 313 g/mol. The lowest BCUT2D eigenvalue weighted by atomic mass is 10.1. The monoisotopic (exact) mass is 312 g/mol. The molecule has 0 spiro atoms. The Labute approximate surface area is 117 Å². The van der Waals surface area contributed by atoms with Gasteiger partial charge in [-0.25, -0.2) is 0 Å². The van der Waals surface area contributed by atoms with Crippen LogP contribution < -0.4 is 10.6 Å². The summed E-state index contributed by atoms with van der Waals surface area (Å²) in [6.07, 6.45) is 1.02. The Bertz CT molecular complexity index is 395. The topological polar surface area (TPSA) is 41.1 Å².